The van der Waals surface area contributed by atoms with Crippen molar-refractivity contribution < 1.29 is 23.1 Å². The van der Waals surface area contributed by atoms with Gasteiger partial charge in [0.15, 0.2) is 5.79 Å². The van der Waals surface area contributed by atoms with Crippen molar-refractivity contribution in [1.29, 1.82) is 0 Å². The van der Waals surface area contributed by atoms with Crippen LogP contribution in [0.15, 0.2) is 103 Å². The van der Waals surface area contributed by atoms with Gasteiger partial charge in [-0.15, -0.1) is 0 Å². The Kier molecular flexibility index (Phi) is 16.0. The van der Waals surface area contributed by atoms with Gasteiger partial charge >= 0.3 is 0 Å². The van der Waals surface area contributed by atoms with E-state index in [2.05, 4.69) is 180 Å². The molecular weight excluding hydrogens is 713 g/mol. The number of ether oxygens (including phenoxy) is 3. The maximum absolute atomic E-state index is 7.49. The van der Waals surface area contributed by atoms with Crippen molar-refractivity contribution in [3.8, 4) is 0 Å². The molecule has 0 spiro atoms. The second-order valence-corrected chi connectivity index (χ2v) is 28.2. The van der Waals surface area contributed by atoms with E-state index < -0.39 is 22.4 Å². The Morgan fingerprint density at radius 1 is 0.709 bits per heavy atom. The summed E-state index contributed by atoms with van der Waals surface area (Å²) in [7, 11) is -4.81. The van der Waals surface area contributed by atoms with Crippen LogP contribution >= 0.6 is 0 Å². The molecule has 0 aromatic heterocycles. The largest absolute Gasteiger partial charge is 0.413 e. The molecule has 5 nitrogen and oxygen atoms in total. The molecule has 1 saturated heterocycles. The predicted octanol–water partition coefficient (Wildman–Crippen LogP) is 11.5. The number of benzene rings is 3. The molecule has 6 atom stereocenters. The van der Waals surface area contributed by atoms with E-state index in [0.717, 1.165) is 12.0 Å². The van der Waals surface area contributed by atoms with Crippen LogP contribution < -0.4 is 10.4 Å². The van der Waals surface area contributed by atoms with Crippen LogP contribution in [0, 0.1) is 11.8 Å². The Hall–Kier alpha value is -2.37. The summed E-state index contributed by atoms with van der Waals surface area (Å²) in [6, 6.07) is 32.0. The van der Waals surface area contributed by atoms with Gasteiger partial charge in [-0.05, 0) is 76.6 Å². The van der Waals surface area contributed by atoms with Crippen molar-refractivity contribution in [3.05, 3.63) is 109 Å². The van der Waals surface area contributed by atoms with Crippen molar-refractivity contribution >= 4 is 27.0 Å². The molecule has 304 valence electrons. The van der Waals surface area contributed by atoms with Gasteiger partial charge in [0.2, 0.25) is 8.32 Å². The first-order valence-electron chi connectivity index (χ1n) is 21.0. The zero-order chi connectivity index (χ0) is 40.6. The molecule has 4 rings (SSSR count). The number of allylic oxidation sites excluding steroid dienone is 1. The number of hydrogen-bond donors (Lipinski definition) is 0. The Morgan fingerprint density at radius 2 is 1.20 bits per heavy atom. The van der Waals surface area contributed by atoms with Gasteiger partial charge in [0.05, 0.1) is 19.3 Å². The minimum atomic E-state index is -2.83. The average Bonchev–Trinajstić information content (AvgIpc) is 3.13. The molecule has 7 heteroatoms. The first-order chi connectivity index (χ1) is 25.9. The maximum atomic E-state index is 7.49. The van der Waals surface area contributed by atoms with E-state index in [-0.39, 0.29) is 35.4 Å². The third-order valence-corrected chi connectivity index (χ3v) is 23.3. The molecule has 3 aromatic rings. The van der Waals surface area contributed by atoms with E-state index in [1.807, 2.05) is 19.9 Å². The highest BCUT2D eigenvalue weighted by Crippen LogP contribution is 2.44. The van der Waals surface area contributed by atoms with Crippen LogP contribution in [0.3, 0.4) is 0 Å². The van der Waals surface area contributed by atoms with Gasteiger partial charge in [0.25, 0.3) is 8.32 Å². The number of hydrogen-bond acceptors (Lipinski definition) is 5. The fourth-order valence-electron chi connectivity index (χ4n) is 9.21. The zero-order valence-corrected chi connectivity index (χ0v) is 38.7. The van der Waals surface area contributed by atoms with E-state index in [4.69, 9.17) is 23.1 Å². The molecule has 1 fully saturated rings. The summed E-state index contributed by atoms with van der Waals surface area (Å²) < 4.78 is 35.2. The van der Waals surface area contributed by atoms with Gasteiger partial charge in [-0.25, -0.2) is 0 Å². The summed E-state index contributed by atoms with van der Waals surface area (Å²) in [6.45, 7) is 32.9. The summed E-state index contributed by atoms with van der Waals surface area (Å²) in [5.41, 5.74) is 2.79. The second kappa shape index (κ2) is 19.4. The van der Waals surface area contributed by atoms with E-state index >= 15 is 0 Å². The minimum Gasteiger partial charge on any atom is -0.413 e. The van der Waals surface area contributed by atoms with Crippen molar-refractivity contribution in [2.75, 3.05) is 6.61 Å². The van der Waals surface area contributed by atoms with Gasteiger partial charge in [-0.3, -0.25) is 0 Å². The molecule has 1 heterocycles. The van der Waals surface area contributed by atoms with Gasteiger partial charge in [0, 0.05) is 6.10 Å². The Labute approximate surface area is 337 Å². The Bertz CT molecular complexity index is 1520. The van der Waals surface area contributed by atoms with Crippen molar-refractivity contribution in [2.45, 2.75) is 162 Å². The lowest BCUT2D eigenvalue weighted by atomic mass is 9.91. The van der Waals surface area contributed by atoms with E-state index in [9.17, 15) is 0 Å². The predicted molar refractivity (Wildman–Crippen MR) is 236 cm³/mol. The van der Waals surface area contributed by atoms with Crippen LogP contribution in [-0.4, -0.2) is 53.4 Å². The SMILES string of the molecule is CC(C)[Si](O[C@@H](C)[C@H](C)/C=C\C[C@@H](C)[C@H]1OC(C)(C)O[C@@H](CO[Si](c2ccccc2)(c2ccccc2)C(C)(C)C)[C@@H]1OCc1ccccc1)(C(C)C)C(C)C. The lowest BCUT2D eigenvalue weighted by molar-refractivity contribution is -0.350. The monoisotopic (exact) mass is 787 g/mol. The molecule has 0 bridgehead atoms. The molecule has 55 heavy (non-hydrogen) atoms. The summed E-state index contributed by atoms with van der Waals surface area (Å²) in [5, 5.41) is 2.34. The fraction of sp³-hybridized carbons (Fsp3) is 0.583. The molecule has 0 unspecified atom stereocenters. The van der Waals surface area contributed by atoms with E-state index in [1.165, 1.54) is 10.4 Å². The molecule has 0 N–H and O–H groups in total. The molecule has 0 amide bonds. The highest BCUT2D eigenvalue weighted by molar-refractivity contribution is 6.99. The molecule has 3 aromatic carbocycles. The molecule has 0 aliphatic carbocycles. The quantitative estimate of drug-likeness (QED) is 0.0949. The lowest BCUT2D eigenvalue weighted by Crippen LogP contribution is -2.68. The van der Waals surface area contributed by atoms with Crippen LogP contribution in [0.4, 0.5) is 0 Å². The molecule has 1 aliphatic rings. The van der Waals surface area contributed by atoms with Crippen LogP contribution in [0.5, 0.6) is 0 Å². The summed E-state index contributed by atoms with van der Waals surface area (Å²) in [5.74, 6) is -0.363. The van der Waals surface area contributed by atoms with E-state index in [0.29, 0.717) is 35.8 Å². The standard InChI is InChI=1S/C48H74O5Si2/c1-35(2)54(36(3)4,37(5)6)53-40(9)38(7)25-24-26-39(8)45-46(49-33-41-27-18-15-19-28-41)44(51-48(13,14)52-45)34-50-55(47(10,11)12,42-29-20-16-21-30-42)43-31-22-17-23-32-43/h15-25,27-32,35-40,44-46H,26,33-34H2,1-14H3/b25-24-/t38-,39-,40+,44+,45-,46+/m1/s1. The molecular formula is C48H74O5Si2. The first kappa shape index (κ1) is 45.3. The summed E-state index contributed by atoms with van der Waals surface area (Å²) >= 11 is 0. The summed E-state index contributed by atoms with van der Waals surface area (Å²) in [4.78, 5) is 0. The average molecular weight is 787 g/mol. The van der Waals surface area contributed by atoms with Crippen LogP contribution in [0.25, 0.3) is 0 Å². The van der Waals surface area contributed by atoms with Crippen molar-refractivity contribution in [2.24, 2.45) is 11.8 Å². The van der Waals surface area contributed by atoms with Gasteiger partial charge in [-0.1, -0.05) is 179 Å². The Morgan fingerprint density at radius 3 is 1.67 bits per heavy atom. The van der Waals surface area contributed by atoms with Gasteiger partial charge in [0.1, 0.15) is 12.2 Å². The normalized spacial score (nSPS) is 21.4. The zero-order valence-electron chi connectivity index (χ0n) is 36.7. The third kappa shape index (κ3) is 10.8. The van der Waals surface area contributed by atoms with Crippen LogP contribution in [0.2, 0.25) is 21.7 Å². The highest BCUT2D eigenvalue weighted by Gasteiger charge is 2.53. The van der Waals surface area contributed by atoms with Crippen molar-refractivity contribution in [1.82, 2.24) is 0 Å². The second-order valence-electron chi connectivity index (χ2n) is 18.5. The molecule has 0 radical (unpaired) electrons. The van der Waals surface area contributed by atoms with Crippen molar-refractivity contribution in [3.63, 3.8) is 0 Å². The third-order valence-electron chi connectivity index (χ3n) is 12.1. The minimum absolute atomic E-state index is 0.147. The first-order valence-corrected chi connectivity index (χ1v) is 25.0. The van der Waals surface area contributed by atoms with E-state index in [1.54, 1.807) is 0 Å². The fourth-order valence-corrected chi connectivity index (χ4v) is 19.5. The van der Waals surface area contributed by atoms with Crippen LogP contribution in [0.1, 0.15) is 109 Å². The number of rotatable bonds is 18. The highest BCUT2D eigenvalue weighted by atomic mass is 28.4. The molecule has 1 aliphatic heterocycles. The Balaban J connectivity index is 1.63. The molecule has 0 saturated carbocycles. The van der Waals surface area contributed by atoms with Crippen LogP contribution in [-0.2, 0) is 29.7 Å². The topological polar surface area (TPSA) is 46.2 Å². The lowest BCUT2D eigenvalue weighted by Gasteiger charge is -2.49. The maximum Gasteiger partial charge on any atom is 0.261 e. The van der Waals surface area contributed by atoms with Gasteiger partial charge in [-0.2, -0.15) is 0 Å². The van der Waals surface area contributed by atoms with Gasteiger partial charge < -0.3 is 23.1 Å². The smallest absolute Gasteiger partial charge is 0.261 e. The summed E-state index contributed by atoms with van der Waals surface area (Å²) in [6.07, 6.45) is 4.79.